The summed E-state index contributed by atoms with van der Waals surface area (Å²) in [6, 6.07) is 5.49. The van der Waals surface area contributed by atoms with Gasteiger partial charge >= 0.3 is 6.09 Å². The normalized spacial score (nSPS) is 28.2. The van der Waals surface area contributed by atoms with Gasteiger partial charge in [-0.1, -0.05) is 24.4 Å². The molecular weight excluding hydrogens is 466 g/mol. The van der Waals surface area contributed by atoms with Gasteiger partial charge in [-0.15, -0.1) is 0 Å². The number of carbonyl (C=O) groups excluding carboxylic acids is 1. The predicted molar refractivity (Wildman–Crippen MR) is 124 cm³/mol. The van der Waals surface area contributed by atoms with Crippen LogP contribution < -0.4 is 5.32 Å². The van der Waals surface area contributed by atoms with Gasteiger partial charge in [-0.05, 0) is 62.4 Å². The topological polar surface area (TPSA) is 88.2 Å². The van der Waals surface area contributed by atoms with Crippen LogP contribution in [-0.2, 0) is 19.5 Å². The van der Waals surface area contributed by atoms with Crippen molar-refractivity contribution in [3.05, 3.63) is 29.3 Å². The van der Waals surface area contributed by atoms with Crippen molar-refractivity contribution < 1.29 is 22.7 Å². The average Bonchev–Trinajstić information content (AvgIpc) is 3.69. The molecule has 2 saturated heterocycles. The Bertz CT molecular complexity index is 957. The maximum Gasteiger partial charge on any atom is 0.410 e. The molecule has 1 aromatic rings. The van der Waals surface area contributed by atoms with Gasteiger partial charge in [0.1, 0.15) is 5.60 Å². The highest BCUT2D eigenvalue weighted by molar-refractivity contribution is 7.89. The van der Waals surface area contributed by atoms with E-state index in [2.05, 4.69) is 5.32 Å². The lowest BCUT2D eigenvalue weighted by Gasteiger charge is -2.44. The number of hydrogen-bond acceptors (Lipinski definition) is 6. The zero-order valence-electron chi connectivity index (χ0n) is 18.7. The maximum atomic E-state index is 13.9. The van der Waals surface area contributed by atoms with E-state index < -0.39 is 21.7 Å². The van der Waals surface area contributed by atoms with Crippen molar-refractivity contribution in [3.63, 3.8) is 0 Å². The van der Waals surface area contributed by atoms with Crippen LogP contribution in [0.3, 0.4) is 0 Å². The largest absolute Gasteiger partial charge is 0.441 e. The fraction of sp³-hybridized carbons (Fsp3) is 0.696. The molecule has 2 atom stereocenters. The number of carbonyl (C=O) groups is 1. The van der Waals surface area contributed by atoms with Crippen LogP contribution in [0.1, 0.15) is 38.5 Å². The first-order valence-corrected chi connectivity index (χ1v) is 13.8. The Labute approximate surface area is 200 Å². The van der Waals surface area contributed by atoms with Crippen LogP contribution in [0.4, 0.5) is 4.79 Å². The molecule has 2 saturated carbocycles. The first-order valence-electron chi connectivity index (χ1n) is 11.9. The molecule has 0 bridgehead atoms. The lowest BCUT2D eigenvalue weighted by Crippen LogP contribution is -2.61. The monoisotopic (exact) mass is 497 g/mol. The quantitative estimate of drug-likeness (QED) is 0.650. The summed E-state index contributed by atoms with van der Waals surface area (Å²) >= 11 is 6.01. The highest BCUT2D eigenvalue weighted by atomic mass is 35.5. The second kappa shape index (κ2) is 9.34. The first kappa shape index (κ1) is 23.4. The summed E-state index contributed by atoms with van der Waals surface area (Å²) in [5.41, 5.74) is -0.835. The maximum absolute atomic E-state index is 13.9. The third-order valence-electron chi connectivity index (χ3n) is 7.18. The number of rotatable bonds is 6. The first-order chi connectivity index (χ1) is 15.9. The van der Waals surface area contributed by atoms with Crippen LogP contribution in [0.25, 0.3) is 0 Å². The van der Waals surface area contributed by atoms with Gasteiger partial charge in [0, 0.05) is 30.7 Å². The van der Waals surface area contributed by atoms with Gasteiger partial charge in [0.05, 0.1) is 24.2 Å². The van der Waals surface area contributed by atoms with Gasteiger partial charge in [-0.3, -0.25) is 0 Å². The lowest BCUT2D eigenvalue weighted by atomic mass is 10.0. The number of morpholine rings is 1. The number of sulfonamides is 1. The molecule has 10 heteroatoms. The molecule has 0 spiro atoms. The highest BCUT2D eigenvalue weighted by Gasteiger charge is 2.60. The molecule has 0 radical (unpaired) electrons. The number of hydrogen-bond donors (Lipinski definition) is 1. The molecule has 182 valence electrons. The van der Waals surface area contributed by atoms with Crippen molar-refractivity contribution in [2.45, 2.75) is 61.1 Å². The van der Waals surface area contributed by atoms with E-state index in [4.69, 9.17) is 21.1 Å². The summed E-state index contributed by atoms with van der Waals surface area (Å²) in [6.07, 6.45) is 4.81. The van der Waals surface area contributed by atoms with Gasteiger partial charge in [-0.25, -0.2) is 13.2 Å². The third kappa shape index (κ3) is 5.03. The van der Waals surface area contributed by atoms with Crippen molar-refractivity contribution in [3.8, 4) is 0 Å². The number of benzene rings is 1. The number of nitrogens with zero attached hydrogens (tertiary/aromatic N) is 2. The van der Waals surface area contributed by atoms with Crippen LogP contribution in [0.2, 0.25) is 5.02 Å². The molecule has 2 heterocycles. The molecule has 0 unspecified atom stereocenters. The number of amides is 1. The Morgan fingerprint density at radius 3 is 2.61 bits per heavy atom. The molecule has 4 aliphatic rings. The molecule has 2 aliphatic heterocycles. The second-order valence-electron chi connectivity index (χ2n) is 9.70. The number of halogens is 1. The molecule has 33 heavy (non-hydrogen) atoms. The van der Waals surface area contributed by atoms with Crippen LogP contribution in [0, 0.1) is 5.92 Å². The summed E-state index contributed by atoms with van der Waals surface area (Å²) in [7, 11) is -3.82. The van der Waals surface area contributed by atoms with Gasteiger partial charge in [0.15, 0.2) is 0 Å². The number of nitrogens with one attached hydrogen (secondary N) is 1. The SMILES string of the molecule is O=C(OC1([C@H]2COC[C@@H](CC3CC3)N2S(=O)(=O)c2ccc(Cl)cc2)CC1)N1CCCNCC1. The van der Waals surface area contributed by atoms with Crippen molar-refractivity contribution in [2.24, 2.45) is 5.92 Å². The Balaban J connectivity index is 1.42. The van der Waals surface area contributed by atoms with Gasteiger partial charge < -0.3 is 19.7 Å². The Hall–Kier alpha value is -1.39. The smallest absolute Gasteiger partial charge is 0.410 e. The standard InChI is InChI=1S/C23H32ClN3O5S/c24-18-4-6-20(7-5-18)33(29,30)27-19(14-17-2-3-17)15-31-16-21(27)23(8-9-23)32-22(28)26-12-1-10-25-11-13-26/h4-7,17,19,21,25H,1-3,8-16H2/t19-,21-/m1/s1. The fourth-order valence-corrected chi connectivity index (χ4v) is 6.97. The lowest BCUT2D eigenvalue weighted by molar-refractivity contribution is -0.0733. The van der Waals surface area contributed by atoms with Gasteiger partial charge in [-0.2, -0.15) is 4.31 Å². The molecule has 5 rings (SSSR count). The molecule has 2 aliphatic carbocycles. The zero-order chi connectivity index (χ0) is 23.1. The molecule has 1 aromatic carbocycles. The van der Waals surface area contributed by atoms with Crippen LogP contribution in [0.5, 0.6) is 0 Å². The molecule has 1 N–H and O–H groups in total. The van der Waals surface area contributed by atoms with Crippen LogP contribution >= 0.6 is 11.6 Å². The summed E-state index contributed by atoms with van der Waals surface area (Å²) in [4.78, 5) is 15.0. The van der Waals surface area contributed by atoms with E-state index in [1.165, 1.54) is 0 Å². The molecule has 8 nitrogen and oxygen atoms in total. The summed E-state index contributed by atoms with van der Waals surface area (Å²) in [5.74, 6) is 0.530. The van der Waals surface area contributed by atoms with Crippen LogP contribution in [0.15, 0.2) is 29.2 Å². The van der Waals surface area contributed by atoms with Gasteiger partial charge in [0.2, 0.25) is 10.0 Å². The summed E-state index contributed by atoms with van der Waals surface area (Å²) in [5, 5.41) is 3.77. The van der Waals surface area contributed by atoms with E-state index in [9.17, 15) is 13.2 Å². The van der Waals surface area contributed by atoms with Crippen molar-refractivity contribution in [1.82, 2.24) is 14.5 Å². The average molecular weight is 498 g/mol. The molecule has 0 aromatic heterocycles. The molecular formula is C23H32ClN3O5S. The minimum absolute atomic E-state index is 0.209. The molecule has 1 amide bonds. The Kier molecular flexibility index (Phi) is 6.61. The van der Waals surface area contributed by atoms with Crippen molar-refractivity contribution >= 4 is 27.7 Å². The minimum Gasteiger partial charge on any atom is -0.441 e. The molecule has 4 fully saturated rings. The Morgan fingerprint density at radius 2 is 1.91 bits per heavy atom. The van der Waals surface area contributed by atoms with E-state index in [0.717, 1.165) is 38.8 Å². The fourth-order valence-electron chi connectivity index (χ4n) is 5.00. The highest BCUT2D eigenvalue weighted by Crippen LogP contribution is 2.49. The van der Waals surface area contributed by atoms with E-state index in [1.807, 2.05) is 0 Å². The van der Waals surface area contributed by atoms with Crippen molar-refractivity contribution in [1.29, 1.82) is 0 Å². The second-order valence-corrected chi connectivity index (χ2v) is 12.0. The summed E-state index contributed by atoms with van der Waals surface area (Å²) in [6.45, 7) is 3.42. The third-order valence-corrected chi connectivity index (χ3v) is 9.41. The van der Waals surface area contributed by atoms with Crippen molar-refractivity contribution in [2.75, 3.05) is 39.4 Å². The van der Waals surface area contributed by atoms with E-state index in [0.29, 0.717) is 43.5 Å². The zero-order valence-corrected chi connectivity index (χ0v) is 20.3. The number of ether oxygens (including phenoxy) is 2. The summed E-state index contributed by atoms with van der Waals surface area (Å²) < 4.78 is 41.4. The van der Waals surface area contributed by atoms with E-state index >= 15 is 0 Å². The van der Waals surface area contributed by atoms with Crippen LogP contribution in [-0.4, -0.2) is 80.8 Å². The van der Waals surface area contributed by atoms with E-state index in [-0.39, 0.29) is 23.6 Å². The van der Waals surface area contributed by atoms with E-state index in [1.54, 1.807) is 33.5 Å². The Morgan fingerprint density at radius 1 is 1.15 bits per heavy atom. The van der Waals surface area contributed by atoms with Gasteiger partial charge in [0.25, 0.3) is 0 Å². The predicted octanol–water partition coefficient (Wildman–Crippen LogP) is 2.86. The minimum atomic E-state index is -3.82.